The van der Waals surface area contributed by atoms with Crippen molar-refractivity contribution in [2.45, 2.75) is 32.3 Å². The van der Waals surface area contributed by atoms with E-state index in [0.29, 0.717) is 24.4 Å². The zero-order chi connectivity index (χ0) is 11.5. The number of aryl methyl sites for hydroxylation is 1. The number of likely N-dealkylation sites (tertiary alicyclic amines) is 1. The number of thiazole rings is 1. The molecule has 5 heteroatoms. The number of carbonyl (C=O) groups is 1. The molecule has 88 valence electrons. The van der Waals surface area contributed by atoms with Gasteiger partial charge < -0.3 is 10.0 Å². The van der Waals surface area contributed by atoms with Crippen molar-refractivity contribution < 1.29 is 9.90 Å². The van der Waals surface area contributed by atoms with E-state index in [-0.39, 0.29) is 12.0 Å². The number of hydrogen-bond acceptors (Lipinski definition) is 4. The molecule has 16 heavy (non-hydrogen) atoms. The van der Waals surface area contributed by atoms with Crippen LogP contribution in [0.2, 0.25) is 0 Å². The highest BCUT2D eigenvalue weighted by atomic mass is 32.1. The molecule has 1 aromatic heterocycles. The van der Waals surface area contributed by atoms with Gasteiger partial charge >= 0.3 is 0 Å². The quantitative estimate of drug-likeness (QED) is 0.866. The second kappa shape index (κ2) is 4.93. The minimum absolute atomic E-state index is 0.0106. The first kappa shape index (κ1) is 11.5. The number of carbonyl (C=O) groups excluding carboxylic acids is 1. The summed E-state index contributed by atoms with van der Waals surface area (Å²) in [6.45, 7) is 3.21. The van der Waals surface area contributed by atoms with E-state index >= 15 is 0 Å². The molecule has 0 radical (unpaired) electrons. The standard InChI is InChI=1S/C11H16N2O2S/c1-2-3-10-12-6-9(16-10)11(15)13-5-4-8(14)7-13/h6,8,14H,2-5,7H2,1H3/t8-/m1/s1. The molecule has 4 nitrogen and oxygen atoms in total. The van der Waals surface area contributed by atoms with E-state index < -0.39 is 0 Å². The SMILES string of the molecule is CCCc1ncc(C(=O)N2CC[C@@H](O)C2)s1. The number of hydrogen-bond donors (Lipinski definition) is 1. The molecule has 0 unspecified atom stereocenters. The minimum atomic E-state index is -0.355. The topological polar surface area (TPSA) is 53.4 Å². The Morgan fingerprint density at radius 1 is 1.75 bits per heavy atom. The van der Waals surface area contributed by atoms with E-state index in [4.69, 9.17) is 0 Å². The van der Waals surface area contributed by atoms with Crippen LogP contribution in [0.15, 0.2) is 6.20 Å². The van der Waals surface area contributed by atoms with Gasteiger partial charge in [0.2, 0.25) is 0 Å². The van der Waals surface area contributed by atoms with E-state index in [9.17, 15) is 9.90 Å². The normalized spacial score (nSPS) is 20.4. The number of aromatic nitrogens is 1. The van der Waals surface area contributed by atoms with Crippen LogP contribution in [0.3, 0.4) is 0 Å². The number of aliphatic hydroxyl groups excluding tert-OH is 1. The summed E-state index contributed by atoms with van der Waals surface area (Å²) in [6, 6.07) is 0. The molecule has 2 rings (SSSR count). The van der Waals surface area contributed by atoms with E-state index in [1.165, 1.54) is 11.3 Å². The minimum Gasteiger partial charge on any atom is -0.391 e. The van der Waals surface area contributed by atoms with Crippen LogP contribution >= 0.6 is 11.3 Å². The molecule has 0 aliphatic carbocycles. The van der Waals surface area contributed by atoms with Crippen LogP contribution in [-0.2, 0) is 6.42 Å². The second-order valence-electron chi connectivity index (χ2n) is 4.06. The van der Waals surface area contributed by atoms with Crippen LogP contribution in [0.1, 0.15) is 34.4 Å². The Balaban J connectivity index is 2.03. The van der Waals surface area contributed by atoms with Gasteiger partial charge in [-0.15, -0.1) is 11.3 Å². The van der Waals surface area contributed by atoms with Crippen molar-refractivity contribution in [3.8, 4) is 0 Å². The maximum atomic E-state index is 12.0. The van der Waals surface area contributed by atoms with E-state index in [1.807, 2.05) is 0 Å². The van der Waals surface area contributed by atoms with E-state index in [2.05, 4.69) is 11.9 Å². The number of aliphatic hydroxyl groups is 1. The summed E-state index contributed by atoms with van der Waals surface area (Å²) in [7, 11) is 0. The van der Waals surface area contributed by atoms with Crippen molar-refractivity contribution in [3.05, 3.63) is 16.1 Å². The smallest absolute Gasteiger partial charge is 0.265 e. The lowest BCUT2D eigenvalue weighted by atomic mass is 10.3. The summed E-state index contributed by atoms with van der Waals surface area (Å²) < 4.78 is 0. The highest BCUT2D eigenvalue weighted by Gasteiger charge is 2.26. The second-order valence-corrected chi connectivity index (χ2v) is 5.18. The molecule has 0 spiro atoms. The summed E-state index contributed by atoms with van der Waals surface area (Å²) in [6.07, 6.45) is 3.96. The monoisotopic (exact) mass is 240 g/mol. The van der Waals surface area contributed by atoms with Crippen molar-refractivity contribution in [2.75, 3.05) is 13.1 Å². The molecule has 1 atom stereocenters. The Morgan fingerprint density at radius 2 is 2.56 bits per heavy atom. The van der Waals surface area contributed by atoms with Crippen LogP contribution in [0.4, 0.5) is 0 Å². The van der Waals surface area contributed by atoms with Crippen molar-refractivity contribution in [1.82, 2.24) is 9.88 Å². The number of nitrogens with zero attached hydrogens (tertiary/aromatic N) is 2. The predicted molar refractivity (Wildman–Crippen MR) is 62.6 cm³/mol. The Kier molecular flexibility index (Phi) is 3.56. The van der Waals surface area contributed by atoms with E-state index in [0.717, 1.165) is 17.8 Å². The highest BCUT2D eigenvalue weighted by Crippen LogP contribution is 2.19. The fourth-order valence-electron chi connectivity index (χ4n) is 1.82. The van der Waals surface area contributed by atoms with E-state index in [1.54, 1.807) is 11.1 Å². The Morgan fingerprint density at radius 3 is 3.19 bits per heavy atom. The lowest BCUT2D eigenvalue weighted by Gasteiger charge is -2.13. The zero-order valence-corrected chi connectivity index (χ0v) is 10.2. The molecule has 0 aromatic carbocycles. The molecule has 0 bridgehead atoms. The number of β-amino-alcohol motifs (C(OH)–C–C–N with tert-alkyl or cyclic N) is 1. The third-order valence-electron chi connectivity index (χ3n) is 2.68. The molecule has 1 fully saturated rings. The summed E-state index contributed by atoms with van der Waals surface area (Å²) in [5.74, 6) is 0.0106. The average Bonchev–Trinajstić information content (AvgIpc) is 2.87. The maximum Gasteiger partial charge on any atom is 0.265 e. The molecular formula is C11H16N2O2S. The van der Waals surface area contributed by atoms with Gasteiger partial charge in [-0.05, 0) is 19.3 Å². The summed E-state index contributed by atoms with van der Waals surface area (Å²) in [4.78, 5) is 18.6. The van der Waals surface area contributed by atoms with Crippen molar-refractivity contribution in [2.24, 2.45) is 0 Å². The Bertz CT molecular complexity index is 378. The van der Waals surface area contributed by atoms with Crippen LogP contribution in [-0.4, -0.2) is 40.1 Å². The van der Waals surface area contributed by atoms with Gasteiger partial charge in [0.15, 0.2) is 0 Å². The molecule has 1 aliphatic rings. The van der Waals surface area contributed by atoms with Crippen LogP contribution in [0.25, 0.3) is 0 Å². The number of amides is 1. The van der Waals surface area contributed by atoms with Gasteiger partial charge in [-0.2, -0.15) is 0 Å². The summed E-state index contributed by atoms with van der Waals surface area (Å²) >= 11 is 1.47. The molecule has 1 N–H and O–H groups in total. The van der Waals surface area contributed by atoms with Crippen LogP contribution in [0, 0.1) is 0 Å². The Hall–Kier alpha value is -0.940. The fourth-order valence-corrected chi connectivity index (χ4v) is 2.81. The third-order valence-corrected chi connectivity index (χ3v) is 3.72. The van der Waals surface area contributed by atoms with Gasteiger partial charge in [0.1, 0.15) is 4.88 Å². The van der Waals surface area contributed by atoms with Crippen LogP contribution < -0.4 is 0 Å². The lowest BCUT2D eigenvalue weighted by molar-refractivity contribution is 0.0769. The molecule has 2 heterocycles. The fraction of sp³-hybridized carbons (Fsp3) is 0.636. The molecule has 0 saturated carbocycles. The molecule has 1 aliphatic heterocycles. The molecule has 1 aromatic rings. The first-order valence-electron chi connectivity index (χ1n) is 5.62. The zero-order valence-electron chi connectivity index (χ0n) is 9.35. The first-order chi connectivity index (χ1) is 7.70. The van der Waals surface area contributed by atoms with Gasteiger partial charge in [0.05, 0.1) is 17.3 Å². The predicted octanol–water partition coefficient (Wildman–Crippen LogP) is 1.30. The van der Waals surface area contributed by atoms with Gasteiger partial charge in [-0.25, -0.2) is 4.98 Å². The first-order valence-corrected chi connectivity index (χ1v) is 6.44. The van der Waals surface area contributed by atoms with Gasteiger partial charge in [-0.3, -0.25) is 4.79 Å². The maximum absolute atomic E-state index is 12.0. The molecule has 1 saturated heterocycles. The van der Waals surface area contributed by atoms with Crippen molar-refractivity contribution in [1.29, 1.82) is 0 Å². The van der Waals surface area contributed by atoms with Crippen molar-refractivity contribution in [3.63, 3.8) is 0 Å². The van der Waals surface area contributed by atoms with Gasteiger partial charge in [-0.1, -0.05) is 6.92 Å². The van der Waals surface area contributed by atoms with Gasteiger partial charge in [0.25, 0.3) is 5.91 Å². The van der Waals surface area contributed by atoms with Crippen molar-refractivity contribution >= 4 is 17.2 Å². The largest absolute Gasteiger partial charge is 0.391 e. The Labute approximate surface area is 98.9 Å². The van der Waals surface area contributed by atoms with Crippen LogP contribution in [0.5, 0.6) is 0 Å². The summed E-state index contributed by atoms with van der Waals surface area (Å²) in [5, 5.41) is 10.4. The lowest BCUT2D eigenvalue weighted by Crippen LogP contribution is -2.28. The number of rotatable bonds is 3. The average molecular weight is 240 g/mol. The molecule has 1 amide bonds. The summed E-state index contributed by atoms with van der Waals surface area (Å²) in [5.41, 5.74) is 0. The highest BCUT2D eigenvalue weighted by molar-refractivity contribution is 7.13. The molecular weight excluding hydrogens is 224 g/mol. The van der Waals surface area contributed by atoms with Gasteiger partial charge in [0, 0.05) is 13.1 Å². The third kappa shape index (κ3) is 2.41.